The van der Waals surface area contributed by atoms with Crippen LogP contribution in [0.1, 0.15) is 26.3 Å². The third kappa shape index (κ3) is 5.82. The lowest BCUT2D eigenvalue weighted by Crippen LogP contribution is -2.41. The summed E-state index contributed by atoms with van der Waals surface area (Å²) in [6.45, 7) is 3.81. The van der Waals surface area contributed by atoms with E-state index in [1.807, 2.05) is 30.3 Å². The molecule has 8 heteroatoms. The molecule has 8 nitrogen and oxygen atoms in total. The lowest BCUT2D eigenvalue weighted by atomic mass is 10.1. The van der Waals surface area contributed by atoms with E-state index in [-0.39, 0.29) is 13.2 Å². The number of benzene rings is 1. The molecule has 26 heavy (non-hydrogen) atoms. The quantitative estimate of drug-likeness (QED) is 0.527. The van der Waals surface area contributed by atoms with Gasteiger partial charge in [0.25, 0.3) is 0 Å². The molecule has 0 radical (unpaired) electrons. The van der Waals surface area contributed by atoms with Gasteiger partial charge in [0.15, 0.2) is 6.10 Å². The van der Waals surface area contributed by atoms with Gasteiger partial charge in [0, 0.05) is 20.8 Å². The summed E-state index contributed by atoms with van der Waals surface area (Å²) in [5, 5.41) is 0. The van der Waals surface area contributed by atoms with Crippen LogP contribution in [0.5, 0.6) is 0 Å². The number of esters is 3. The van der Waals surface area contributed by atoms with Crippen molar-refractivity contribution < 1.29 is 38.1 Å². The van der Waals surface area contributed by atoms with E-state index in [2.05, 4.69) is 0 Å². The van der Waals surface area contributed by atoms with Crippen LogP contribution in [0, 0.1) is 0 Å². The van der Waals surface area contributed by atoms with Gasteiger partial charge in [0.05, 0.1) is 6.61 Å². The minimum atomic E-state index is -1.14. The Labute approximate surface area is 151 Å². The van der Waals surface area contributed by atoms with Gasteiger partial charge in [0.2, 0.25) is 6.29 Å². The number of hydrogen-bond acceptors (Lipinski definition) is 8. The number of carbonyl (C=O) groups excluding carboxylic acids is 3. The maximum atomic E-state index is 11.5. The maximum Gasteiger partial charge on any atom is 0.305 e. The van der Waals surface area contributed by atoms with Crippen LogP contribution in [-0.2, 0) is 44.7 Å². The van der Waals surface area contributed by atoms with Crippen LogP contribution in [0.4, 0.5) is 0 Å². The summed E-state index contributed by atoms with van der Waals surface area (Å²) < 4.78 is 26.8. The van der Waals surface area contributed by atoms with Crippen LogP contribution >= 0.6 is 0 Å². The average Bonchev–Trinajstić information content (AvgIpc) is 2.87. The largest absolute Gasteiger partial charge is 0.463 e. The fourth-order valence-electron chi connectivity index (χ4n) is 2.57. The average molecular weight is 366 g/mol. The number of rotatable bonds is 7. The molecule has 1 saturated heterocycles. The Kier molecular flexibility index (Phi) is 7.11. The van der Waals surface area contributed by atoms with E-state index in [1.54, 1.807) is 0 Å². The van der Waals surface area contributed by atoms with Crippen molar-refractivity contribution in [3.8, 4) is 0 Å². The normalized spacial score (nSPS) is 24.7. The van der Waals surface area contributed by atoms with E-state index >= 15 is 0 Å². The van der Waals surface area contributed by atoms with Crippen LogP contribution in [0.15, 0.2) is 30.3 Å². The predicted octanol–water partition coefficient (Wildman–Crippen LogP) is 1.35. The molecule has 1 aliphatic heterocycles. The second kappa shape index (κ2) is 9.30. The third-order valence-electron chi connectivity index (χ3n) is 3.59. The van der Waals surface area contributed by atoms with Crippen LogP contribution < -0.4 is 0 Å². The zero-order valence-corrected chi connectivity index (χ0v) is 14.9. The molecule has 0 amide bonds. The maximum absolute atomic E-state index is 11.5. The highest BCUT2D eigenvalue weighted by Crippen LogP contribution is 2.29. The molecule has 0 bridgehead atoms. The fourth-order valence-corrected chi connectivity index (χ4v) is 2.57. The molecular formula is C18H22O8. The molecule has 0 unspecified atom stereocenters. The molecular weight excluding hydrogens is 344 g/mol. The molecule has 2 rings (SSSR count). The minimum absolute atomic E-state index is 0.121. The highest BCUT2D eigenvalue weighted by molar-refractivity contribution is 5.67. The number of hydrogen-bond donors (Lipinski definition) is 0. The number of ether oxygens (including phenoxy) is 5. The minimum Gasteiger partial charge on any atom is -0.463 e. The summed E-state index contributed by atoms with van der Waals surface area (Å²) in [7, 11) is 0. The van der Waals surface area contributed by atoms with E-state index in [1.165, 1.54) is 20.8 Å². The van der Waals surface area contributed by atoms with Crippen molar-refractivity contribution in [1.82, 2.24) is 0 Å². The van der Waals surface area contributed by atoms with Gasteiger partial charge in [0.1, 0.15) is 18.8 Å². The highest BCUT2D eigenvalue weighted by Gasteiger charge is 2.50. The lowest BCUT2D eigenvalue weighted by Gasteiger charge is -2.23. The van der Waals surface area contributed by atoms with Crippen molar-refractivity contribution in [1.29, 1.82) is 0 Å². The zero-order chi connectivity index (χ0) is 19.1. The smallest absolute Gasteiger partial charge is 0.305 e. The zero-order valence-electron chi connectivity index (χ0n) is 14.9. The van der Waals surface area contributed by atoms with Crippen molar-refractivity contribution in [2.24, 2.45) is 0 Å². The topological polar surface area (TPSA) is 97.4 Å². The Hall–Kier alpha value is -2.45. The fraction of sp³-hybridized carbons (Fsp3) is 0.500. The first kappa shape index (κ1) is 19.9. The first-order valence-electron chi connectivity index (χ1n) is 8.15. The van der Waals surface area contributed by atoms with Crippen LogP contribution in [0.2, 0.25) is 0 Å². The molecule has 1 aliphatic rings. The molecule has 0 spiro atoms. The molecule has 1 heterocycles. The van der Waals surface area contributed by atoms with Gasteiger partial charge in [-0.2, -0.15) is 0 Å². The van der Waals surface area contributed by atoms with Crippen molar-refractivity contribution in [3.05, 3.63) is 35.9 Å². The predicted molar refractivity (Wildman–Crippen MR) is 87.6 cm³/mol. The molecule has 4 atom stereocenters. The van der Waals surface area contributed by atoms with E-state index in [4.69, 9.17) is 23.7 Å². The molecule has 1 aromatic rings. The SMILES string of the molecule is CC(=O)OC[C@H]1O[C@H](OC(C)=O)[C@H](OC(C)=O)[C@H]1OCc1ccccc1. The van der Waals surface area contributed by atoms with Gasteiger partial charge in [-0.3, -0.25) is 14.4 Å². The molecule has 142 valence electrons. The molecule has 0 N–H and O–H groups in total. The standard InChI is InChI=1S/C18H22O8/c1-11(19)22-10-15-16(23-9-14-7-5-4-6-8-14)17(24-12(2)20)18(26-15)25-13(3)21/h4-8,15-18H,9-10H2,1-3H3/t15-,16+,17-,18+/m1/s1. The third-order valence-corrected chi connectivity index (χ3v) is 3.59. The van der Waals surface area contributed by atoms with Gasteiger partial charge in [-0.15, -0.1) is 0 Å². The van der Waals surface area contributed by atoms with Gasteiger partial charge in [-0.05, 0) is 5.56 Å². The highest BCUT2D eigenvalue weighted by atomic mass is 16.7. The summed E-state index contributed by atoms with van der Waals surface area (Å²) in [6, 6.07) is 9.36. The lowest BCUT2D eigenvalue weighted by molar-refractivity contribution is -0.197. The molecule has 0 aliphatic carbocycles. The Morgan fingerprint density at radius 3 is 2.15 bits per heavy atom. The van der Waals surface area contributed by atoms with Crippen molar-refractivity contribution >= 4 is 17.9 Å². The molecule has 1 fully saturated rings. The Bertz CT molecular complexity index is 629. The van der Waals surface area contributed by atoms with E-state index in [9.17, 15) is 14.4 Å². The van der Waals surface area contributed by atoms with Gasteiger partial charge in [-0.25, -0.2) is 0 Å². The van der Waals surface area contributed by atoms with Gasteiger partial charge < -0.3 is 23.7 Å². The van der Waals surface area contributed by atoms with Crippen LogP contribution in [0.25, 0.3) is 0 Å². The molecule has 0 aromatic heterocycles. The van der Waals surface area contributed by atoms with Crippen molar-refractivity contribution in [2.45, 2.75) is 52.0 Å². The van der Waals surface area contributed by atoms with Gasteiger partial charge in [-0.1, -0.05) is 30.3 Å². The van der Waals surface area contributed by atoms with E-state index in [0.717, 1.165) is 5.56 Å². The summed E-state index contributed by atoms with van der Waals surface area (Å²) in [5.74, 6) is -1.66. The van der Waals surface area contributed by atoms with E-state index in [0.29, 0.717) is 0 Å². The number of carbonyl (C=O) groups is 3. The Morgan fingerprint density at radius 2 is 1.58 bits per heavy atom. The van der Waals surface area contributed by atoms with Crippen LogP contribution in [-0.4, -0.2) is 49.1 Å². The van der Waals surface area contributed by atoms with Crippen molar-refractivity contribution in [3.63, 3.8) is 0 Å². The van der Waals surface area contributed by atoms with Crippen LogP contribution in [0.3, 0.4) is 0 Å². The molecule has 1 aromatic carbocycles. The summed E-state index contributed by atoms with van der Waals surface area (Å²) >= 11 is 0. The Morgan fingerprint density at radius 1 is 0.923 bits per heavy atom. The monoisotopic (exact) mass is 366 g/mol. The second-order valence-electron chi connectivity index (χ2n) is 5.79. The van der Waals surface area contributed by atoms with E-state index < -0.39 is 42.5 Å². The summed E-state index contributed by atoms with van der Waals surface area (Å²) in [5.41, 5.74) is 0.899. The summed E-state index contributed by atoms with van der Waals surface area (Å²) in [6.07, 6.45) is -3.64. The summed E-state index contributed by atoms with van der Waals surface area (Å²) in [4.78, 5) is 33.9. The second-order valence-corrected chi connectivity index (χ2v) is 5.79. The molecule has 0 saturated carbocycles. The first-order chi connectivity index (χ1) is 12.4. The first-order valence-corrected chi connectivity index (χ1v) is 8.15. The Balaban J connectivity index is 2.15. The van der Waals surface area contributed by atoms with Crippen molar-refractivity contribution in [2.75, 3.05) is 6.61 Å². The van der Waals surface area contributed by atoms with Gasteiger partial charge >= 0.3 is 17.9 Å².